The number of hydrogen-bond acceptors (Lipinski definition) is 4. The third-order valence-corrected chi connectivity index (χ3v) is 4.15. The average Bonchev–Trinajstić information content (AvgIpc) is 2.73. The Morgan fingerprint density at radius 3 is 2.24 bits per heavy atom. The molecule has 0 spiro atoms. The van der Waals surface area contributed by atoms with Crippen LogP contribution in [-0.2, 0) is 6.42 Å². The van der Waals surface area contributed by atoms with Crippen LogP contribution in [0.2, 0.25) is 0 Å². The van der Waals surface area contributed by atoms with Crippen molar-refractivity contribution >= 4 is 17.4 Å². The summed E-state index contributed by atoms with van der Waals surface area (Å²) in [6, 6.07) is 23.1. The number of nitriles is 2. The van der Waals surface area contributed by atoms with Crippen LogP contribution in [0.4, 0.5) is 16.2 Å². The lowest BCUT2D eigenvalue weighted by Crippen LogP contribution is -2.19. The summed E-state index contributed by atoms with van der Waals surface area (Å²) in [5.41, 5.74) is 3.57. The summed E-state index contributed by atoms with van der Waals surface area (Å²) >= 11 is 0. The Kier molecular flexibility index (Phi) is 6.09. The molecule has 2 N–H and O–H groups in total. The van der Waals surface area contributed by atoms with Gasteiger partial charge in [-0.25, -0.2) is 4.79 Å². The number of hydrogen-bond donors (Lipinski definition) is 2. The van der Waals surface area contributed by atoms with Gasteiger partial charge >= 0.3 is 6.03 Å². The second-order valence-electron chi connectivity index (χ2n) is 6.33. The van der Waals surface area contributed by atoms with Gasteiger partial charge in [0, 0.05) is 17.4 Å². The van der Waals surface area contributed by atoms with Gasteiger partial charge in [0.2, 0.25) is 0 Å². The van der Waals surface area contributed by atoms with Crippen LogP contribution in [0.1, 0.15) is 16.7 Å². The highest BCUT2D eigenvalue weighted by Gasteiger charge is 2.07. The number of carbonyl (C=O) groups excluding carboxylic acids is 1. The molecule has 3 aromatic carbocycles. The maximum Gasteiger partial charge on any atom is 0.323 e. The number of ether oxygens (including phenoxy) is 1. The number of amides is 2. The second-order valence-corrected chi connectivity index (χ2v) is 6.33. The lowest BCUT2D eigenvalue weighted by Gasteiger charge is -2.12. The lowest BCUT2D eigenvalue weighted by atomic mass is 10.1. The first kappa shape index (κ1) is 19.5. The van der Waals surface area contributed by atoms with Crippen molar-refractivity contribution in [1.29, 1.82) is 10.5 Å². The van der Waals surface area contributed by atoms with E-state index in [-0.39, 0.29) is 6.03 Å². The normalized spacial score (nSPS) is 9.76. The molecule has 0 bridgehead atoms. The minimum absolute atomic E-state index is 0.331. The molecule has 29 heavy (non-hydrogen) atoms. The molecule has 0 unspecified atom stereocenters. The number of nitrogens with zero attached hydrogens (tertiary/aromatic N) is 2. The minimum Gasteiger partial charge on any atom is -0.457 e. The molecule has 3 aromatic rings. The van der Waals surface area contributed by atoms with E-state index in [0.29, 0.717) is 34.9 Å². The van der Waals surface area contributed by atoms with Crippen LogP contribution in [0.25, 0.3) is 0 Å². The highest BCUT2D eigenvalue weighted by molar-refractivity contribution is 5.99. The molecule has 3 rings (SSSR count). The molecule has 6 heteroatoms. The van der Waals surface area contributed by atoms with Gasteiger partial charge in [0.25, 0.3) is 0 Å². The van der Waals surface area contributed by atoms with Gasteiger partial charge in [-0.3, -0.25) is 0 Å². The van der Waals surface area contributed by atoms with Gasteiger partial charge in [0.15, 0.2) is 0 Å². The van der Waals surface area contributed by atoms with E-state index in [4.69, 9.17) is 15.3 Å². The molecule has 0 aliphatic heterocycles. The first-order valence-electron chi connectivity index (χ1n) is 8.90. The van der Waals surface area contributed by atoms with Crippen molar-refractivity contribution in [2.45, 2.75) is 13.3 Å². The Morgan fingerprint density at radius 2 is 1.59 bits per heavy atom. The number of anilines is 2. The fraction of sp³-hybridized carbons (Fsp3) is 0.0870. The Balaban J connectivity index is 1.66. The van der Waals surface area contributed by atoms with Gasteiger partial charge in [-0.15, -0.1) is 0 Å². The van der Waals surface area contributed by atoms with Crippen LogP contribution < -0.4 is 15.4 Å². The van der Waals surface area contributed by atoms with Crippen molar-refractivity contribution in [2.75, 3.05) is 10.6 Å². The summed E-state index contributed by atoms with van der Waals surface area (Å²) in [5, 5.41) is 23.1. The summed E-state index contributed by atoms with van der Waals surface area (Å²) in [6.45, 7) is 1.91. The first-order chi connectivity index (χ1) is 14.1. The predicted molar refractivity (Wildman–Crippen MR) is 111 cm³/mol. The van der Waals surface area contributed by atoms with Gasteiger partial charge in [0.05, 0.1) is 24.1 Å². The van der Waals surface area contributed by atoms with Gasteiger partial charge in [0.1, 0.15) is 11.5 Å². The van der Waals surface area contributed by atoms with E-state index in [1.54, 1.807) is 60.7 Å². The second kappa shape index (κ2) is 9.07. The lowest BCUT2D eigenvalue weighted by molar-refractivity contribution is 0.262. The van der Waals surface area contributed by atoms with E-state index < -0.39 is 0 Å². The third kappa shape index (κ3) is 5.35. The van der Waals surface area contributed by atoms with Crippen molar-refractivity contribution < 1.29 is 9.53 Å². The first-order valence-corrected chi connectivity index (χ1v) is 8.90. The monoisotopic (exact) mass is 382 g/mol. The molecule has 0 aliphatic carbocycles. The number of nitrogens with one attached hydrogen (secondary N) is 2. The van der Waals surface area contributed by atoms with Gasteiger partial charge < -0.3 is 15.4 Å². The van der Waals surface area contributed by atoms with Crippen LogP contribution in [0.3, 0.4) is 0 Å². The largest absolute Gasteiger partial charge is 0.457 e. The maximum absolute atomic E-state index is 12.3. The molecule has 0 atom stereocenters. The molecule has 0 aliphatic rings. The van der Waals surface area contributed by atoms with Crippen molar-refractivity contribution in [3.05, 3.63) is 83.4 Å². The zero-order valence-corrected chi connectivity index (χ0v) is 15.8. The Hall–Kier alpha value is -4.29. The number of rotatable bonds is 5. The van der Waals surface area contributed by atoms with Crippen LogP contribution in [0, 0.1) is 29.6 Å². The van der Waals surface area contributed by atoms with Crippen molar-refractivity contribution in [2.24, 2.45) is 0 Å². The molecule has 142 valence electrons. The molecule has 0 saturated carbocycles. The summed E-state index contributed by atoms with van der Waals surface area (Å²) in [6.07, 6.45) is 0.331. The quantitative estimate of drug-likeness (QED) is 0.620. The SMILES string of the molecule is Cc1ccc(NC(=O)Nc2ccc(CC#N)cc2)cc1Oc1ccc(C#N)cc1. The minimum atomic E-state index is -0.383. The van der Waals surface area contributed by atoms with E-state index in [0.717, 1.165) is 11.1 Å². The number of urea groups is 1. The average molecular weight is 382 g/mol. The van der Waals surface area contributed by atoms with Crippen LogP contribution >= 0.6 is 0 Å². The summed E-state index contributed by atoms with van der Waals surface area (Å²) in [7, 11) is 0. The third-order valence-electron chi connectivity index (χ3n) is 4.15. The molecule has 0 radical (unpaired) electrons. The van der Waals surface area contributed by atoms with Crippen molar-refractivity contribution in [3.8, 4) is 23.6 Å². The van der Waals surface area contributed by atoms with Crippen LogP contribution in [0.15, 0.2) is 66.7 Å². The molecular formula is C23H18N4O2. The molecule has 0 aromatic heterocycles. The predicted octanol–water partition coefficient (Wildman–Crippen LogP) is 5.37. The molecule has 2 amide bonds. The Morgan fingerprint density at radius 1 is 0.931 bits per heavy atom. The van der Waals surface area contributed by atoms with E-state index in [9.17, 15) is 4.79 Å². The van der Waals surface area contributed by atoms with Crippen LogP contribution in [-0.4, -0.2) is 6.03 Å². The van der Waals surface area contributed by atoms with E-state index in [1.165, 1.54) is 0 Å². The number of carbonyl (C=O) groups is 1. The maximum atomic E-state index is 12.3. The van der Waals surface area contributed by atoms with E-state index in [2.05, 4.69) is 22.8 Å². The zero-order chi connectivity index (χ0) is 20.6. The summed E-state index contributed by atoms with van der Waals surface area (Å²) < 4.78 is 5.88. The number of aryl methyl sites for hydroxylation is 1. The Labute approximate surface area is 169 Å². The van der Waals surface area contributed by atoms with Gasteiger partial charge in [-0.1, -0.05) is 18.2 Å². The summed E-state index contributed by atoms with van der Waals surface area (Å²) in [5.74, 6) is 1.21. The highest BCUT2D eigenvalue weighted by atomic mass is 16.5. The van der Waals surface area contributed by atoms with E-state index in [1.807, 2.05) is 13.0 Å². The zero-order valence-electron chi connectivity index (χ0n) is 15.8. The molecule has 0 fully saturated rings. The van der Waals surface area contributed by atoms with Gasteiger partial charge in [-0.2, -0.15) is 10.5 Å². The molecule has 0 heterocycles. The molecular weight excluding hydrogens is 364 g/mol. The smallest absolute Gasteiger partial charge is 0.323 e. The standard InChI is InChI=1S/C23H18N4O2/c1-16-2-7-20(14-22(16)29-21-10-5-18(15-25)6-11-21)27-23(28)26-19-8-3-17(4-9-19)12-13-24/h2-11,14H,12H2,1H3,(H2,26,27,28). The van der Waals surface area contributed by atoms with Crippen molar-refractivity contribution in [3.63, 3.8) is 0 Å². The summed E-state index contributed by atoms with van der Waals surface area (Å²) in [4.78, 5) is 12.3. The fourth-order valence-corrected chi connectivity index (χ4v) is 2.60. The van der Waals surface area contributed by atoms with E-state index >= 15 is 0 Å². The topological polar surface area (TPSA) is 97.9 Å². The fourth-order valence-electron chi connectivity index (χ4n) is 2.60. The molecule has 6 nitrogen and oxygen atoms in total. The Bertz CT molecular complexity index is 1090. The highest BCUT2D eigenvalue weighted by Crippen LogP contribution is 2.28. The molecule has 0 saturated heterocycles. The van der Waals surface area contributed by atoms with Crippen molar-refractivity contribution in [1.82, 2.24) is 0 Å². The van der Waals surface area contributed by atoms with Gasteiger partial charge in [-0.05, 0) is 60.5 Å². The number of benzene rings is 3. The van der Waals surface area contributed by atoms with Crippen LogP contribution in [0.5, 0.6) is 11.5 Å².